The van der Waals surface area contributed by atoms with Crippen LogP contribution in [0.25, 0.3) is 0 Å². The standard InChI is InChI=1S/C13H21NO3/c1-5-11-10-8-16-7-9(10)6-14(11)12(15)17-13(2,3)4/h5,9-11H,1,6-8H2,2-4H3. The summed E-state index contributed by atoms with van der Waals surface area (Å²) in [6.07, 6.45) is 1.60. The van der Waals surface area contributed by atoms with Gasteiger partial charge in [0, 0.05) is 18.4 Å². The quantitative estimate of drug-likeness (QED) is 0.657. The first-order valence-electron chi connectivity index (χ1n) is 6.12. The van der Waals surface area contributed by atoms with E-state index in [2.05, 4.69) is 6.58 Å². The SMILES string of the molecule is C=CC1C2COCC2CN1C(=O)OC(C)(C)C. The van der Waals surface area contributed by atoms with E-state index in [1.54, 1.807) is 4.90 Å². The minimum absolute atomic E-state index is 0.0531. The van der Waals surface area contributed by atoms with Gasteiger partial charge in [0.25, 0.3) is 0 Å². The van der Waals surface area contributed by atoms with Crippen molar-refractivity contribution >= 4 is 6.09 Å². The monoisotopic (exact) mass is 239 g/mol. The van der Waals surface area contributed by atoms with Gasteiger partial charge in [-0.15, -0.1) is 6.58 Å². The molecule has 0 aliphatic carbocycles. The molecule has 4 nitrogen and oxygen atoms in total. The number of carbonyl (C=O) groups is 1. The fraction of sp³-hybridized carbons (Fsp3) is 0.769. The van der Waals surface area contributed by atoms with Crippen molar-refractivity contribution in [2.75, 3.05) is 19.8 Å². The summed E-state index contributed by atoms with van der Waals surface area (Å²) in [5.41, 5.74) is -0.447. The zero-order chi connectivity index (χ0) is 12.6. The molecule has 0 N–H and O–H groups in total. The van der Waals surface area contributed by atoms with Crippen LogP contribution in [-0.2, 0) is 9.47 Å². The van der Waals surface area contributed by atoms with Crippen LogP contribution >= 0.6 is 0 Å². The van der Waals surface area contributed by atoms with Crippen LogP contribution in [-0.4, -0.2) is 42.4 Å². The summed E-state index contributed by atoms with van der Waals surface area (Å²) >= 11 is 0. The van der Waals surface area contributed by atoms with Gasteiger partial charge in [0.1, 0.15) is 5.60 Å². The van der Waals surface area contributed by atoms with E-state index in [4.69, 9.17) is 9.47 Å². The van der Waals surface area contributed by atoms with Gasteiger partial charge in [0.05, 0.1) is 19.3 Å². The van der Waals surface area contributed by atoms with Crippen molar-refractivity contribution in [1.29, 1.82) is 0 Å². The largest absolute Gasteiger partial charge is 0.444 e. The third-order valence-corrected chi connectivity index (χ3v) is 3.35. The Morgan fingerprint density at radius 2 is 2.18 bits per heavy atom. The first-order valence-corrected chi connectivity index (χ1v) is 6.12. The Bertz CT molecular complexity index is 321. The van der Waals surface area contributed by atoms with Crippen LogP contribution in [0.3, 0.4) is 0 Å². The molecule has 0 bridgehead atoms. The first-order chi connectivity index (χ1) is 7.92. The van der Waals surface area contributed by atoms with Gasteiger partial charge in [-0.05, 0) is 20.8 Å². The number of nitrogens with zero attached hydrogens (tertiary/aromatic N) is 1. The number of hydrogen-bond acceptors (Lipinski definition) is 3. The van der Waals surface area contributed by atoms with Crippen LogP contribution in [0.5, 0.6) is 0 Å². The van der Waals surface area contributed by atoms with Crippen LogP contribution in [0.1, 0.15) is 20.8 Å². The van der Waals surface area contributed by atoms with E-state index in [-0.39, 0.29) is 12.1 Å². The average Bonchev–Trinajstić information content (AvgIpc) is 2.72. The normalized spacial score (nSPS) is 32.4. The van der Waals surface area contributed by atoms with Gasteiger partial charge >= 0.3 is 6.09 Å². The van der Waals surface area contributed by atoms with Gasteiger partial charge in [0.2, 0.25) is 0 Å². The number of fused-ring (bicyclic) bond motifs is 1. The highest BCUT2D eigenvalue weighted by atomic mass is 16.6. The molecule has 0 aromatic rings. The molecule has 3 unspecified atom stereocenters. The number of hydrogen-bond donors (Lipinski definition) is 0. The number of ether oxygens (including phenoxy) is 2. The number of carbonyl (C=O) groups excluding carboxylic acids is 1. The third kappa shape index (κ3) is 2.46. The number of likely N-dealkylation sites (tertiary alicyclic amines) is 1. The molecule has 17 heavy (non-hydrogen) atoms. The third-order valence-electron chi connectivity index (χ3n) is 3.35. The van der Waals surface area contributed by atoms with E-state index in [0.29, 0.717) is 11.8 Å². The minimum Gasteiger partial charge on any atom is -0.444 e. The summed E-state index contributed by atoms with van der Waals surface area (Å²) in [4.78, 5) is 13.9. The number of amides is 1. The Kier molecular flexibility index (Phi) is 3.17. The summed E-state index contributed by atoms with van der Waals surface area (Å²) < 4.78 is 10.9. The van der Waals surface area contributed by atoms with Gasteiger partial charge in [0.15, 0.2) is 0 Å². The van der Waals surface area contributed by atoms with Crippen molar-refractivity contribution in [2.24, 2.45) is 11.8 Å². The van der Waals surface area contributed by atoms with Crippen LogP contribution in [0.15, 0.2) is 12.7 Å². The summed E-state index contributed by atoms with van der Waals surface area (Å²) in [5, 5.41) is 0. The fourth-order valence-corrected chi connectivity index (χ4v) is 2.61. The molecular formula is C13H21NO3. The molecule has 96 valence electrons. The zero-order valence-corrected chi connectivity index (χ0v) is 10.8. The zero-order valence-electron chi connectivity index (χ0n) is 10.8. The van der Waals surface area contributed by atoms with Crippen molar-refractivity contribution in [2.45, 2.75) is 32.4 Å². The Morgan fingerprint density at radius 3 is 2.76 bits per heavy atom. The molecule has 0 aromatic carbocycles. The lowest BCUT2D eigenvalue weighted by Gasteiger charge is -2.28. The van der Waals surface area contributed by atoms with Crippen molar-refractivity contribution in [3.8, 4) is 0 Å². The minimum atomic E-state index is -0.447. The predicted molar refractivity (Wildman–Crippen MR) is 64.7 cm³/mol. The first kappa shape index (κ1) is 12.4. The molecule has 2 aliphatic rings. The molecule has 0 aromatic heterocycles. The molecular weight excluding hydrogens is 218 g/mol. The van der Waals surface area contributed by atoms with Gasteiger partial charge < -0.3 is 14.4 Å². The second-order valence-electron chi connectivity index (χ2n) is 5.82. The second kappa shape index (κ2) is 4.33. The highest BCUT2D eigenvalue weighted by molar-refractivity contribution is 5.69. The van der Waals surface area contributed by atoms with Crippen LogP contribution in [0.2, 0.25) is 0 Å². The summed E-state index contributed by atoms with van der Waals surface area (Å²) in [5.74, 6) is 0.825. The molecule has 2 aliphatic heterocycles. The second-order valence-corrected chi connectivity index (χ2v) is 5.82. The van der Waals surface area contributed by atoms with E-state index in [1.165, 1.54) is 0 Å². The van der Waals surface area contributed by atoms with E-state index >= 15 is 0 Å². The lowest BCUT2D eigenvalue weighted by atomic mass is 9.94. The summed E-state index contributed by atoms with van der Waals surface area (Å²) in [6.45, 7) is 11.7. The molecule has 0 spiro atoms. The number of rotatable bonds is 1. The maximum Gasteiger partial charge on any atom is 0.410 e. The molecule has 2 heterocycles. The van der Waals surface area contributed by atoms with Crippen molar-refractivity contribution in [3.05, 3.63) is 12.7 Å². The van der Waals surface area contributed by atoms with E-state index < -0.39 is 5.60 Å². The Labute approximate surface area is 103 Å². The maximum atomic E-state index is 12.1. The predicted octanol–water partition coefficient (Wildman–Crippen LogP) is 2.05. The summed E-state index contributed by atoms with van der Waals surface area (Å²) in [6, 6.07) is 0.0531. The highest BCUT2D eigenvalue weighted by Crippen LogP contribution is 2.36. The van der Waals surface area contributed by atoms with E-state index in [0.717, 1.165) is 19.8 Å². The molecule has 1 amide bonds. The van der Waals surface area contributed by atoms with Crippen LogP contribution < -0.4 is 0 Å². The van der Waals surface area contributed by atoms with Gasteiger partial charge in [-0.1, -0.05) is 6.08 Å². The highest BCUT2D eigenvalue weighted by Gasteiger charge is 2.46. The van der Waals surface area contributed by atoms with Crippen LogP contribution in [0.4, 0.5) is 4.79 Å². The molecule has 2 rings (SSSR count). The maximum absolute atomic E-state index is 12.1. The Morgan fingerprint density at radius 1 is 1.47 bits per heavy atom. The fourth-order valence-electron chi connectivity index (χ4n) is 2.61. The molecule has 2 fully saturated rings. The van der Waals surface area contributed by atoms with E-state index in [1.807, 2.05) is 26.8 Å². The average molecular weight is 239 g/mol. The van der Waals surface area contributed by atoms with Gasteiger partial charge in [-0.3, -0.25) is 0 Å². The topological polar surface area (TPSA) is 38.8 Å². The lowest BCUT2D eigenvalue weighted by Crippen LogP contribution is -2.41. The Hall–Kier alpha value is -1.03. The van der Waals surface area contributed by atoms with Crippen molar-refractivity contribution in [1.82, 2.24) is 4.90 Å². The van der Waals surface area contributed by atoms with Crippen LogP contribution in [0, 0.1) is 11.8 Å². The lowest BCUT2D eigenvalue weighted by molar-refractivity contribution is 0.0208. The Balaban J connectivity index is 2.06. The molecule has 2 saturated heterocycles. The molecule has 3 atom stereocenters. The van der Waals surface area contributed by atoms with Crippen molar-refractivity contribution < 1.29 is 14.3 Å². The van der Waals surface area contributed by atoms with Gasteiger partial charge in [-0.2, -0.15) is 0 Å². The van der Waals surface area contributed by atoms with Gasteiger partial charge in [-0.25, -0.2) is 4.79 Å². The van der Waals surface area contributed by atoms with Crippen molar-refractivity contribution in [3.63, 3.8) is 0 Å². The van der Waals surface area contributed by atoms with E-state index in [9.17, 15) is 4.79 Å². The molecule has 4 heteroatoms. The molecule has 0 saturated carbocycles. The molecule has 0 radical (unpaired) electrons. The smallest absolute Gasteiger partial charge is 0.410 e. The summed E-state index contributed by atoms with van der Waals surface area (Å²) in [7, 11) is 0.